The second-order valence-electron chi connectivity index (χ2n) is 5.50. The van der Waals surface area contributed by atoms with Gasteiger partial charge < -0.3 is 9.64 Å². The number of carbonyl (C=O) groups is 3. The van der Waals surface area contributed by atoms with Crippen molar-refractivity contribution >= 4 is 39.5 Å². The van der Waals surface area contributed by atoms with Crippen LogP contribution in [0.4, 0.5) is 4.79 Å². The number of hydrogen-bond donors (Lipinski definition) is 0. The predicted molar refractivity (Wildman–Crippen MR) is 82.1 cm³/mol. The van der Waals surface area contributed by atoms with Crippen LogP contribution in [-0.4, -0.2) is 58.4 Å². The van der Waals surface area contributed by atoms with Crippen LogP contribution in [-0.2, 0) is 9.53 Å². The van der Waals surface area contributed by atoms with E-state index < -0.39 is 6.09 Å². The minimum atomic E-state index is -0.616. The van der Waals surface area contributed by atoms with Crippen LogP contribution in [0.3, 0.4) is 0 Å². The summed E-state index contributed by atoms with van der Waals surface area (Å²) in [5.74, 6) is -0.497. The van der Waals surface area contributed by atoms with Crippen molar-refractivity contribution < 1.29 is 19.1 Å². The number of aromatic nitrogens is 1. The van der Waals surface area contributed by atoms with Crippen molar-refractivity contribution in [3.05, 3.63) is 29.3 Å². The number of hydrogen-bond acceptors (Lipinski definition) is 6. The monoisotopic (exact) mass is 331 g/mol. The molecule has 118 valence electrons. The molecule has 23 heavy (non-hydrogen) atoms. The summed E-state index contributed by atoms with van der Waals surface area (Å²) in [4.78, 5) is 43.0. The van der Waals surface area contributed by atoms with Crippen LogP contribution in [0.25, 0.3) is 10.2 Å². The van der Waals surface area contributed by atoms with E-state index in [1.54, 1.807) is 4.90 Å². The number of amides is 3. The first-order chi connectivity index (χ1) is 11.1. The van der Waals surface area contributed by atoms with Crippen molar-refractivity contribution in [1.29, 1.82) is 0 Å². The van der Waals surface area contributed by atoms with Gasteiger partial charge in [-0.05, 0) is 18.6 Å². The number of fused-ring (bicyclic) bond motifs is 1. The minimum absolute atomic E-state index is 0.159. The fraction of sp³-hybridized carbons (Fsp3) is 0.333. The van der Waals surface area contributed by atoms with Gasteiger partial charge in [-0.15, -0.1) is 11.3 Å². The first-order valence-electron chi connectivity index (χ1n) is 7.27. The zero-order valence-electron chi connectivity index (χ0n) is 12.1. The van der Waals surface area contributed by atoms with Crippen molar-refractivity contribution in [2.75, 3.05) is 19.7 Å². The highest BCUT2D eigenvalue weighted by atomic mass is 32.1. The SMILES string of the molecule is O=C(c1nc2ccccc2s1)N1CCC(N2C(=O)COC2=O)C1. The summed E-state index contributed by atoms with van der Waals surface area (Å²) in [6.07, 6.45) is -0.0495. The Morgan fingerprint density at radius 1 is 1.30 bits per heavy atom. The highest BCUT2D eigenvalue weighted by Gasteiger charge is 2.41. The van der Waals surface area contributed by atoms with Gasteiger partial charge in [0, 0.05) is 13.1 Å². The van der Waals surface area contributed by atoms with Gasteiger partial charge in [-0.1, -0.05) is 12.1 Å². The maximum Gasteiger partial charge on any atom is 0.417 e. The molecule has 2 aliphatic heterocycles. The highest BCUT2D eigenvalue weighted by Crippen LogP contribution is 2.26. The summed E-state index contributed by atoms with van der Waals surface area (Å²) in [5.41, 5.74) is 0.801. The van der Waals surface area contributed by atoms with E-state index in [2.05, 4.69) is 4.98 Å². The lowest BCUT2D eigenvalue weighted by Gasteiger charge is -2.19. The molecule has 1 aromatic heterocycles. The molecule has 2 aromatic rings. The van der Waals surface area contributed by atoms with E-state index in [0.29, 0.717) is 24.5 Å². The Hall–Kier alpha value is -2.48. The van der Waals surface area contributed by atoms with Gasteiger partial charge >= 0.3 is 6.09 Å². The van der Waals surface area contributed by atoms with Crippen molar-refractivity contribution in [3.63, 3.8) is 0 Å². The molecule has 3 amide bonds. The van der Waals surface area contributed by atoms with E-state index in [1.165, 1.54) is 11.3 Å². The molecule has 0 aliphatic carbocycles. The van der Waals surface area contributed by atoms with Crippen LogP contribution < -0.4 is 0 Å². The molecule has 2 saturated heterocycles. The summed E-state index contributed by atoms with van der Waals surface area (Å²) in [5, 5.41) is 0.433. The molecule has 2 aliphatic rings. The van der Waals surface area contributed by atoms with Gasteiger partial charge in [0.1, 0.15) is 0 Å². The lowest BCUT2D eigenvalue weighted by atomic mass is 10.2. The first-order valence-corrected chi connectivity index (χ1v) is 8.09. The largest absolute Gasteiger partial charge is 0.439 e. The van der Waals surface area contributed by atoms with Crippen LogP contribution in [0, 0.1) is 0 Å². The molecule has 4 rings (SSSR count). The second-order valence-corrected chi connectivity index (χ2v) is 6.53. The molecule has 0 saturated carbocycles. The van der Waals surface area contributed by atoms with Crippen molar-refractivity contribution in [2.45, 2.75) is 12.5 Å². The van der Waals surface area contributed by atoms with Crippen LogP contribution >= 0.6 is 11.3 Å². The standard InChI is InChI=1S/C15H13N3O4S/c19-12-8-22-15(21)18(12)9-5-6-17(7-9)14(20)13-16-10-3-1-2-4-11(10)23-13/h1-4,9H,5-8H2. The minimum Gasteiger partial charge on any atom is -0.439 e. The number of carbonyl (C=O) groups excluding carboxylic acids is 3. The Labute approximate surface area is 135 Å². The third kappa shape index (κ3) is 2.35. The van der Waals surface area contributed by atoms with Crippen LogP contribution in [0.2, 0.25) is 0 Å². The smallest absolute Gasteiger partial charge is 0.417 e. The van der Waals surface area contributed by atoms with E-state index in [-0.39, 0.29) is 24.5 Å². The van der Waals surface area contributed by atoms with Crippen molar-refractivity contribution in [3.8, 4) is 0 Å². The number of benzene rings is 1. The summed E-state index contributed by atoms with van der Waals surface area (Å²) in [6, 6.07) is 7.28. The van der Waals surface area contributed by atoms with E-state index in [1.807, 2.05) is 24.3 Å². The molecule has 1 aromatic carbocycles. The molecule has 1 atom stereocenters. The molecule has 0 bridgehead atoms. The molecule has 0 radical (unpaired) electrons. The number of nitrogens with zero attached hydrogens (tertiary/aromatic N) is 3. The molecular weight excluding hydrogens is 318 g/mol. The average molecular weight is 331 g/mol. The van der Waals surface area contributed by atoms with Gasteiger partial charge in [0.2, 0.25) is 0 Å². The van der Waals surface area contributed by atoms with Crippen LogP contribution in [0.5, 0.6) is 0 Å². The number of thiazole rings is 1. The Bertz CT molecular complexity index is 769. The van der Waals surface area contributed by atoms with E-state index >= 15 is 0 Å². The quantitative estimate of drug-likeness (QED) is 0.833. The lowest BCUT2D eigenvalue weighted by molar-refractivity contribution is -0.127. The Morgan fingerprint density at radius 3 is 2.87 bits per heavy atom. The second kappa shape index (κ2) is 5.31. The summed E-state index contributed by atoms with van der Waals surface area (Å²) in [6.45, 7) is 0.618. The van der Waals surface area contributed by atoms with Crippen molar-refractivity contribution in [1.82, 2.24) is 14.8 Å². The third-order valence-corrected chi connectivity index (χ3v) is 5.10. The summed E-state index contributed by atoms with van der Waals surface area (Å²) >= 11 is 1.35. The molecule has 2 fully saturated rings. The summed E-state index contributed by atoms with van der Waals surface area (Å²) < 4.78 is 5.70. The average Bonchev–Trinajstić information content (AvgIpc) is 3.25. The topological polar surface area (TPSA) is 79.8 Å². The van der Waals surface area contributed by atoms with Gasteiger partial charge in [-0.3, -0.25) is 9.59 Å². The number of ether oxygens (including phenoxy) is 1. The zero-order chi connectivity index (χ0) is 16.0. The maximum atomic E-state index is 12.6. The highest BCUT2D eigenvalue weighted by molar-refractivity contribution is 7.20. The fourth-order valence-corrected chi connectivity index (χ4v) is 3.89. The maximum absolute atomic E-state index is 12.6. The van der Waals surface area contributed by atoms with E-state index in [0.717, 1.165) is 15.1 Å². The van der Waals surface area contributed by atoms with Gasteiger partial charge in [-0.2, -0.15) is 0 Å². The van der Waals surface area contributed by atoms with E-state index in [9.17, 15) is 14.4 Å². The Kier molecular flexibility index (Phi) is 3.26. The number of likely N-dealkylation sites (tertiary alicyclic amines) is 1. The third-order valence-electron chi connectivity index (χ3n) is 4.08. The van der Waals surface area contributed by atoms with Crippen molar-refractivity contribution in [2.24, 2.45) is 0 Å². The first kappa shape index (κ1) is 14.1. The molecule has 7 nitrogen and oxygen atoms in total. The Balaban J connectivity index is 1.52. The van der Waals surface area contributed by atoms with E-state index in [4.69, 9.17) is 4.74 Å². The van der Waals surface area contributed by atoms with Gasteiger partial charge in [-0.25, -0.2) is 14.7 Å². The number of imide groups is 1. The van der Waals surface area contributed by atoms with Crippen LogP contribution in [0.15, 0.2) is 24.3 Å². The number of rotatable bonds is 2. The fourth-order valence-electron chi connectivity index (χ4n) is 2.95. The Morgan fingerprint density at radius 2 is 2.13 bits per heavy atom. The zero-order valence-corrected chi connectivity index (χ0v) is 12.9. The predicted octanol–water partition coefficient (Wildman–Crippen LogP) is 1.49. The molecule has 1 unspecified atom stereocenters. The normalized spacial score (nSPS) is 21.3. The molecule has 8 heteroatoms. The molecule has 0 N–H and O–H groups in total. The molecule has 3 heterocycles. The molecule has 0 spiro atoms. The van der Waals surface area contributed by atoms with Gasteiger partial charge in [0.15, 0.2) is 11.6 Å². The van der Waals surface area contributed by atoms with Gasteiger partial charge in [0.05, 0.1) is 16.3 Å². The summed E-state index contributed by atoms with van der Waals surface area (Å²) in [7, 11) is 0. The molecular formula is C15H13N3O4S. The number of cyclic esters (lactones) is 1. The van der Waals surface area contributed by atoms with Gasteiger partial charge in [0.25, 0.3) is 11.8 Å². The lowest BCUT2D eigenvalue weighted by Crippen LogP contribution is -2.42. The number of para-hydroxylation sites is 1. The van der Waals surface area contributed by atoms with Crippen LogP contribution in [0.1, 0.15) is 16.2 Å².